The number of ether oxygens (including phenoxy) is 1. The lowest BCUT2D eigenvalue weighted by Gasteiger charge is -2.43. The summed E-state index contributed by atoms with van der Waals surface area (Å²) in [6.45, 7) is 10.1. The highest BCUT2D eigenvalue weighted by molar-refractivity contribution is 5.33. The maximum absolute atomic E-state index is 5.47. The largest absolute Gasteiger partial charge is 0.496 e. The average molecular weight is 276 g/mol. The molecule has 3 heteroatoms. The molecule has 3 atom stereocenters. The minimum absolute atomic E-state index is 0.595. The molecule has 1 saturated heterocycles. The number of likely N-dealkylation sites (tertiary alicyclic amines) is 1. The lowest BCUT2D eigenvalue weighted by atomic mass is 9.86. The molecule has 2 rings (SSSR count). The summed E-state index contributed by atoms with van der Waals surface area (Å²) in [7, 11) is 1.75. The zero-order valence-corrected chi connectivity index (χ0v) is 13.2. The van der Waals surface area contributed by atoms with Gasteiger partial charge in [0, 0.05) is 30.7 Å². The summed E-state index contributed by atoms with van der Waals surface area (Å²) in [4.78, 5) is 2.58. The van der Waals surface area contributed by atoms with Gasteiger partial charge in [0.1, 0.15) is 5.75 Å². The van der Waals surface area contributed by atoms with E-state index in [-0.39, 0.29) is 0 Å². The first-order valence-corrected chi connectivity index (χ1v) is 7.76. The van der Waals surface area contributed by atoms with Crippen molar-refractivity contribution in [3.05, 3.63) is 29.8 Å². The van der Waals surface area contributed by atoms with Crippen LogP contribution in [0.1, 0.15) is 32.8 Å². The van der Waals surface area contributed by atoms with Crippen molar-refractivity contribution in [3.63, 3.8) is 0 Å². The number of benzene rings is 1. The van der Waals surface area contributed by atoms with Crippen molar-refractivity contribution < 1.29 is 4.74 Å². The summed E-state index contributed by atoms with van der Waals surface area (Å²) in [6, 6.07) is 9.60. The molecular weight excluding hydrogens is 248 g/mol. The summed E-state index contributed by atoms with van der Waals surface area (Å²) in [6.07, 6.45) is 1.23. The fourth-order valence-electron chi connectivity index (χ4n) is 3.27. The number of rotatable bonds is 5. The second kappa shape index (κ2) is 7.09. The fraction of sp³-hybridized carbons (Fsp3) is 0.647. The van der Waals surface area contributed by atoms with Crippen molar-refractivity contribution in [2.75, 3.05) is 20.2 Å². The lowest BCUT2D eigenvalue weighted by molar-refractivity contribution is 0.0783. The van der Waals surface area contributed by atoms with E-state index in [9.17, 15) is 0 Å². The van der Waals surface area contributed by atoms with Crippen molar-refractivity contribution >= 4 is 0 Å². The van der Waals surface area contributed by atoms with Crippen LogP contribution in [0.15, 0.2) is 24.3 Å². The number of hydrogen-bond acceptors (Lipinski definition) is 3. The predicted molar refractivity (Wildman–Crippen MR) is 84.1 cm³/mol. The maximum atomic E-state index is 5.47. The Labute approximate surface area is 123 Å². The van der Waals surface area contributed by atoms with Gasteiger partial charge in [0.25, 0.3) is 0 Å². The maximum Gasteiger partial charge on any atom is 0.123 e. The Morgan fingerprint density at radius 1 is 1.30 bits per heavy atom. The van der Waals surface area contributed by atoms with Gasteiger partial charge in [-0.2, -0.15) is 0 Å². The first kappa shape index (κ1) is 15.3. The Morgan fingerprint density at radius 3 is 2.75 bits per heavy atom. The fourth-order valence-corrected chi connectivity index (χ4v) is 3.27. The van der Waals surface area contributed by atoms with E-state index in [2.05, 4.69) is 49.2 Å². The van der Waals surface area contributed by atoms with Crippen molar-refractivity contribution in [1.82, 2.24) is 10.2 Å². The molecule has 3 nitrogen and oxygen atoms in total. The van der Waals surface area contributed by atoms with Crippen LogP contribution < -0.4 is 10.1 Å². The number of methoxy groups -OCH3 is 1. The number of piperidine rings is 1. The van der Waals surface area contributed by atoms with Gasteiger partial charge < -0.3 is 10.1 Å². The number of nitrogens with zero attached hydrogens (tertiary/aromatic N) is 1. The first-order valence-electron chi connectivity index (χ1n) is 7.76. The second-order valence-electron chi connectivity index (χ2n) is 5.83. The minimum atomic E-state index is 0.595. The molecule has 1 aromatic rings. The van der Waals surface area contributed by atoms with E-state index in [0.29, 0.717) is 18.0 Å². The number of para-hydroxylation sites is 1. The normalized spacial score (nSPS) is 27.5. The van der Waals surface area contributed by atoms with Gasteiger partial charge in [0.2, 0.25) is 0 Å². The summed E-state index contributed by atoms with van der Waals surface area (Å²) in [5.74, 6) is 1.68. The van der Waals surface area contributed by atoms with Crippen LogP contribution in [-0.4, -0.2) is 37.2 Å². The van der Waals surface area contributed by atoms with Gasteiger partial charge in [-0.15, -0.1) is 0 Å². The molecule has 1 aliphatic heterocycles. The van der Waals surface area contributed by atoms with E-state index in [0.717, 1.165) is 25.4 Å². The van der Waals surface area contributed by atoms with Crippen LogP contribution in [0.4, 0.5) is 0 Å². The Hall–Kier alpha value is -1.06. The molecule has 0 saturated carbocycles. The van der Waals surface area contributed by atoms with Gasteiger partial charge >= 0.3 is 0 Å². The van der Waals surface area contributed by atoms with E-state index < -0.39 is 0 Å². The highest BCUT2D eigenvalue weighted by Crippen LogP contribution is 2.27. The molecule has 0 radical (unpaired) electrons. The van der Waals surface area contributed by atoms with E-state index in [1.807, 2.05) is 6.07 Å². The summed E-state index contributed by atoms with van der Waals surface area (Å²) in [5.41, 5.74) is 1.29. The quantitative estimate of drug-likeness (QED) is 0.895. The predicted octanol–water partition coefficient (Wildman–Crippen LogP) is 2.90. The minimum Gasteiger partial charge on any atom is -0.496 e. The Kier molecular flexibility index (Phi) is 5.44. The molecule has 1 aliphatic rings. The molecule has 0 aliphatic carbocycles. The number of hydrogen-bond donors (Lipinski definition) is 1. The van der Waals surface area contributed by atoms with Crippen LogP contribution in [-0.2, 0) is 6.54 Å². The summed E-state index contributed by atoms with van der Waals surface area (Å²) < 4.78 is 5.47. The molecular formula is C17H28N2O. The molecule has 0 bridgehead atoms. The van der Waals surface area contributed by atoms with Crippen LogP contribution in [0.5, 0.6) is 5.75 Å². The van der Waals surface area contributed by atoms with Crippen molar-refractivity contribution in [2.45, 2.75) is 45.8 Å². The first-order chi connectivity index (χ1) is 9.67. The Morgan fingerprint density at radius 2 is 2.05 bits per heavy atom. The van der Waals surface area contributed by atoms with Crippen LogP contribution in [0.2, 0.25) is 0 Å². The van der Waals surface area contributed by atoms with Gasteiger partial charge in [0.05, 0.1) is 7.11 Å². The second-order valence-corrected chi connectivity index (χ2v) is 5.83. The molecule has 0 aromatic heterocycles. The highest BCUT2D eigenvalue weighted by Gasteiger charge is 2.31. The third-order valence-electron chi connectivity index (χ3n) is 4.73. The molecule has 20 heavy (non-hydrogen) atoms. The highest BCUT2D eigenvalue weighted by atomic mass is 16.5. The molecule has 3 unspecified atom stereocenters. The monoisotopic (exact) mass is 276 g/mol. The SMILES string of the molecule is CCNC1CCN(Cc2ccccc2OC)C(C)C1C. The summed E-state index contributed by atoms with van der Waals surface area (Å²) in [5, 5.41) is 3.62. The molecule has 112 valence electrons. The van der Waals surface area contributed by atoms with E-state index >= 15 is 0 Å². The third-order valence-corrected chi connectivity index (χ3v) is 4.73. The van der Waals surface area contributed by atoms with Crippen LogP contribution >= 0.6 is 0 Å². The smallest absolute Gasteiger partial charge is 0.123 e. The third kappa shape index (κ3) is 3.33. The van der Waals surface area contributed by atoms with Crippen LogP contribution in [0.25, 0.3) is 0 Å². The van der Waals surface area contributed by atoms with E-state index in [1.54, 1.807) is 7.11 Å². The Bertz CT molecular complexity index is 421. The van der Waals surface area contributed by atoms with Crippen molar-refractivity contribution in [2.24, 2.45) is 5.92 Å². The van der Waals surface area contributed by atoms with E-state index in [4.69, 9.17) is 4.74 Å². The lowest BCUT2D eigenvalue weighted by Crippen LogP contribution is -2.52. The molecule has 0 spiro atoms. The Balaban J connectivity index is 2.03. The van der Waals surface area contributed by atoms with Crippen LogP contribution in [0.3, 0.4) is 0 Å². The van der Waals surface area contributed by atoms with Gasteiger partial charge in [-0.25, -0.2) is 0 Å². The van der Waals surface area contributed by atoms with Gasteiger partial charge in [-0.1, -0.05) is 32.0 Å². The average Bonchev–Trinajstić information content (AvgIpc) is 2.47. The number of nitrogens with one attached hydrogen (secondary N) is 1. The van der Waals surface area contributed by atoms with Gasteiger partial charge in [0.15, 0.2) is 0 Å². The molecule has 1 N–H and O–H groups in total. The zero-order chi connectivity index (χ0) is 14.5. The van der Waals surface area contributed by atoms with Crippen molar-refractivity contribution in [1.29, 1.82) is 0 Å². The van der Waals surface area contributed by atoms with Gasteiger partial charge in [-0.3, -0.25) is 4.90 Å². The molecule has 1 heterocycles. The van der Waals surface area contributed by atoms with Crippen LogP contribution in [0, 0.1) is 5.92 Å². The standard InChI is InChI=1S/C17H28N2O/c1-5-18-16-10-11-19(14(3)13(16)2)12-15-8-6-7-9-17(15)20-4/h6-9,13-14,16,18H,5,10-12H2,1-4H3. The summed E-state index contributed by atoms with van der Waals surface area (Å²) >= 11 is 0. The molecule has 0 amide bonds. The molecule has 1 aromatic carbocycles. The molecule has 1 fully saturated rings. The van der Waals surface area contributed by atoms with E-state index in [1.165, 1.54) is 12.0 Å². The zero-order valence-electron chi connectivity index (χ0n) is 13.2. The topological polar surface area (TPSA) is 24.5 Å². The van der Waals surface area contributed by atoms with Crippen molar-refractivity contribution in [3.8, 4) is 5.75 Å². The van der Waals surface area contributed by atoms with Gasteiger partial charge in [-0.05, 0) is 31.9 Å².